The molecule has 55 heavy (non-hydrogen) atoms. The molecule has 1 aromatic heterocycles. The van der Waals surface area contributed by atoms with E-state index in [2.05, 4.69) is 207 Å². The SMILES string of the molecule is CC1(C)c2ccccc2-c2c(N(c3ccc(-c4ccc5c(ccc6sc7ccccc7c65)c4)cc3)c3ccccc3-c3ccc4ccccc4c3)cccc21. The molecule has 0 N–H and O–H groups in total. The first-order valence-corrected chi connectivity index (χ1v) is 19.9. The fourth-order valence-corrected chi connectivity index (χ4v) is 10.3. The predicted molar refractivity (Wildman–Crippen MR) is 237 cm³/mol. The number of anilines is 3. The second-order valence-electron chi connectivity index (χ2n) is 15.3. The van der Waals surface area contributed by atoms with Crippen molar-refractivity contribution in [2.45, 2.75) is 19.3 Å². The number of rotatable bonds is 5. The summed E-state index contributed by atoms with van der Waals surface area (Å²) < 4.78 is 2.68. The quantitative estimate of drug-likeness (QED) is 0.171. The molecular weight excluding hydrogens is 683 g/mol. The Morgan fingerprint density at radius 3 is 1.96 bits per heavy atom. The summed E-state index contributed by atoms with van der Waals surface area (Å²) in [7, 11) is 0. The van der Waals surface area contributed by atoms with Crippen LogP contribution in [0.15, 0.2) is 188 Å². The second-order valence-corrected chi connectivity index (χ2v) is 16.4. The van der Waals surface area contributed by atoms with E-state index >= 15 is 0 Å². The van der Waals surface area contributed by atoms with Crippen molar-refractivity contribution in [2.75, 3.05) is 4.90 Å². The van der Waals surface area contributed by atoms with Gasteiger partial charge in [-0.25, -0.2) is 0 Å². The van der Waals surface area contributed by atoms with Gasteiger partial charge in [-0.3, -0.25) is 0 Å². The van der Waals surface area contributed by atoms with E-state index in [1.807, 2.05) is 11.3 Å². The minimum Gasteiger partial charge on any atom is -0.309 e. The summed E-state index contributed by atoms with van der Waals surface area (Å²) in [6, 6.07) is 69.7. The van der Waals surface area contributed by atoms with Crippen molar-refractivity contribution in [3.8, 4) is 33.4 Å². The molecule has 10 aromatic rings. The van der Waals surface area contributed by atoms with Crippen LogP contribution >= 0.6 is 11.3 Å². The summed E-state index contributed by atoms with van der Waals surface area (Å²) in [5.74, 6) is 0. The third-order valence-electron chi connectivity index (χ3n) is 11.8. The lowest BCUT2D eigenvalue weighted by molar-refractivity contribution is 0.660. The molecule has 0 amide bonds. The third kappa shape index (κ3) is 4.99. The van der Waals surface area contributed by atoms with Crippen molar-refractivity contribution in [3.63, 3.8) is 0 Å². The first kappa shape index (κ1) is 32.0. The molecule has 1 heterocycles. The van der Waals surface area contributed by atoms with Crippen LogP contribution in [0.25, 0.3) is 75.1 Å². The highest BCUT2D eigenvalue weighted by Crippen LogP contribution is 2.55. The summed E-state index contributed by atoms with van der Waals surface area (Å²) in [4.78, 5) is 2.49. The van der Waals surface area contributed by atoms with Gasteiger partial charge in [0.25, 0.3) is 0 Å². The summed E-state index contributed by atoms with van der Waals surface area (Å²) >= 11 is 1.88. The van der Waals surface area contributed by atoms with Gasteiger partial charge in [-0.05, 0) is 103 Å². The molecule has 0 saturated heterocycles. The molecule has 9 aromatic carbocycles. The van der Waals surface area contributed by atoms with Crippen molar-refractivity contribution >= 4 is 70.1 Å². The highest BCUT2D eigenvalue weighted by Gasteiger charge is 2.38. The van der Waals surface area contributed by atoms with Gasteiger partial charge in [0.15, 0.2) is 0 Å². The van der Waals surface area contributed by atoms with Crippen LogP contribution in [-0.4, -0.2) is 0 Å². The van der Waals surface area contributed by atoms with E-state index in [1.165, 1.54) is 91.9 Å². The number of fused-ring (bicyclic) bond motifs is 9. The molecule has 0 unspecified atom stereocenters. The highest BCUT2D eigenvalue weighted by atomic mass is 32.1. The molecule has 0 bridgehead atoms. The number of thiophene rings is 1. The maximum absolute atomic E-state index is 2.49. The predicted octanol–water partition coefficient (Wildman–Crippen LogP) is 15.5. The lowest BCUT2D eigenvalue weighted by atomic mass is 9.82. The Hall–Kier alpha value is -6.48. The van der Waals surface area contributed by atoms with Crippen molar-refractivity contribution in [1.82, 2.24) is 0 Å². The van der Waals surface area contributed by atoms with Gasteiger partial charge in [0.05, 0.1) is 11.4 Å². The maximum atomic E-state index is 2.49. The molecule has 260 valence electrons. The number of hydrogen-bond acceptors (Lipinski definition) is 2. The van der Waals surface area contributed by atoms with E-state index in [0.717, 1.165) is 11.4 Å². The summed E-state index contributed by atoms with van der Waals surface area (Å²) in [6.45, 7) is 4.72. The zero-order valence-electron chi connectivity index (χ0n) is 30.8. The number of benzene rings is 9. The standard InChI is InChI=1S/C53H37NS/c1-53(2)45-17-8-5-15-43(45)52-46(53)18-11-20-48(52)54(47-19-9-6-14-41(47)38-23-22-34-12-3-4-13-36(34)32-38)40-28-24-35(25-29-40)37-26-30-42-39(33-37)27-31-50-51(42)44-16-7-10-21-49(44)55-50/h3-33H,1-2H3. The highest BCUT2D eigenvalue weighted by molar-refractivity contribution is 7.26. The van der Waals surface area contributed by atoms with Crippen LogP contribution < -0.4 is 4.90 Å². The number of para-hydroxylation sites is 1. The minimum absolute atomic E-state index is 0.105. The Kier molecular flexibility index (Phi) is 7.14. The molecule has 0 radical (unpaired) electrons. The largest absolute Gasteiger partial charge is 0.309 e. The second kappa shape index (κ2) is 12.3. The lowest BCUT2D eigenvalue weighted by Gasteiger charge is -2.30. The van der Waals surface area contributed by atoms with E-state index in [4.69, 9.17) is 0 Å². The zero-order valence-corrected chi connectivity index (χ0v) is 31.6. The number of nitrogens with zero attached hydrogens (tertiary/aromatic N) is 1. The Morgan fingerprint density at radius 1 is 0.418 bits per heavy atom. The smallest absolute Gasteiger partial charge is 0.0543 e. The zero-order chi connectivity index (χ0) is 36.7. The van der Waals surface area contributed by atoms with Gasteiger partial charge in [-0.15, -0.1) is 11.3 Å². The molecule has 1 aliphatic carbocycles. The number of hydrogen-bond donors (Lipinski definition) is 0. The molecular formula is C53H37NS. The van der Waals surface area contributed by atoms with Crippen LogP contribution in [0.4, 0.5) is 17.1 Å². The van der Waals surface area contributed by atoms with E-state index < -0.39 is 0 Å². The molecule has 0 atom stereocenters. The molecule has 2 heteroatoms. The molecule has 11 rings (SSSR count). The van der Waals surface area contributed by atoms with Crippen molar-refractivity contribution < 1.29 is 0 Å². The van der Waals surface area contributed by atoms with Gasteiger partial charge in [0.1, 0.15) is 0 Å². The summed E-state index contributed by atoms with van der Waals surface area (Å²) in [5.41, 5.74) is 13.5. The minimum atomic E-state index is -0.105. The van der Waals surface area contributed by atoms with E-state index in [9.17, 15) is 0 Å². The van der Waals surface area contributed by atoms with Gasteiger partial charge in [-0.2, -0.15) is 0 Å². The topological polar surface area (TPSA) is 3.24 Å². The average Bonchev–Trinajstić information content (AvgIpc) is 3.74. The van der Waals surface area contributed by atoms with E-state index in [-0.39, 0.29) is 5.41 Å². The van der Waals surface area contributed by atoms with Crippen LogP contribution in [-0.2, 0) is 5.41 Å². The lowest BCUT2D eigenvalue weighted by Crippen LogP contribution is -2.16. The van der Waals surface area contributed by atoms with Crippen LogP contribution in [0.5, 0.6) is 0 Å². The Labute approximate surface area is 325 Å². The van der Waals surface area contributed by atoms with Crippen LogP contribution in [0.2, 0.25) is 0 Å². The Bertz CT molecular complexity index is 3130. The van der Waals surface area contributed by atoms with Crippen LogP contribution in [0.1, 0.15) is 25.0 Å². The monoisotopic (exact) mass is 719 g/mol. The normalized spacial score (nSPS) is 13.1. The van der Waals surface area contributed by atoms with Gasteiger partial charge in [0, 0.05) is 42.4 Å². The van der Waals surface area contributed by atoms with Gasteiger partial charge >= 0.3 is 0 Å². The van der Waals surface area contributed by atoms with E-state index in [1.54, 1.807) is 0 Å². The summed E-state index contributed by atoms with van der Waals surface area (Å²) in [6.07, 6.45) is 0. The van der Waals surface area contributed by atoms with Crippen molar-refractivity contribution in [1.29, 1.82) is 0 Å². The summed E-state index contributed by atoms with van der Waals surface area (Å²) in [5, 5.41) is 7.77. The van der Waals surface area contributed by atoms with Crippen molar-refractivity contribution in [2.24, 2.45) is 0 Å². The molecule has 1 aliphatic rings. The Balaban J connectivity index is 1.08. The first-order valence-electron chi connectivity index (χ1n) is 19.1. The van der Waals surface area contributed by atoms with Crippen LogP contribution in [0, 0.1) is 0 Å². The fraction of sp³-hybridized carbons (Fsp3) is 0.0566. The van der Waals surface area contributed by atoms with Gasteiger partial charge < -0.3 is 4.90 Å². The molecule has 1 nitrogen and oxygen atoms in total. The molecule has 0 spiro atoms. The van der Waals surface area contributed by atoms with Gasteiger partial charge in [-0.1, -0.05) is 153 Å². The van der Waals surface area contributed by atoms with Gasteiger partial charge in [0.2, 0.25) is 0 Å². The first-order chi connectivity index (χ1) is 27.0. The Morgan fingerprint density at radius 2 is 1.07 bits per heavy atom. The van der Waals surface area contributed by atoms with Crippen molar-refractivity contribution in [3.05, 3.63) is 199 Å². The average molecular weight is 720 g/mol. The van der Waals surface area contributed by atoms with Crippen LogP contribution in [0.3, 0.4) is 0 Å². The molecule has 0 fully saturated rings. The van der Waals surface area contributed by atoms with E-state index in [0.29, 0.717) is 0 Å². The third-order valence-corrected chi connectivity index (χ3v) is 13.0. The molecule has 0 aliphatic heterocycles. The maximum Gasteiger partial charge on any atom is 0.0543 e. The fourth-order valence-electron chi connectivity index (χ4n) is 9.13. The molecule has 0 saturated carbocycles.